The summed E-state index contributed by atoms with van der Waals surface area (Å²) in [4.78, 5) is 24.9. The van der Waals surface area contributed by atoms with Crippen molar-refractivity contribution in [3.63, 3.8) is 0 Å². The van der Waals surface area contributed by atoms with Crippen LogP contribution in [0.1, 0.15) is 16.9 Å². The van der Waals surface area contributed by atoms with Crippen LogP contribution in [0.5, 0.6) is 0 Å². The van der Waals surface area contributed by atoms with Crippen molar-refractivity contribution in [2.75, 3.05) is 19.6 Å². The monoisotopic (exact) mass is 222 g/mol. The number of aromatic nitrogens is 2. The Bertz CT molecular complexity index is 413. The van der Waals surface area contributed by atoms with Crippen LogP contribution in [-0.4, -0.2) is 46.1 Å². The summed E-state index contributed by atoms with van der Waals surface area (Å²) in [6, 6.07) is 1.66. The molecule has 0 aromatic carbocycles. The number of aryl methyl sites for hydroxylation is 1. The van der Waals surface area contributed by atoms with Crippen molar-refractivity contribution in [3.8, 4) is 0 Å². The second-order valence-electron chi connectivity index (χ2n) is 3.77. The zero-order chi connectivity index (χ0) is 11.5. The van der Waals surface area contributed by atoms with Gasteiger partial charge in [-0.15, -0.1) is 0 Å². The summed E-state index contributed by atoms with van der Waals surface area (Å²) in [5, 5.41) is 6.68. The number of carbonyl (C=O) groups excluding carboxylic acids is 2. The summed E-state index contributed by atoms with van der Waals surface area (Å²) in [5.41, 5.74) is 0.509. The molecule has 0 saturated carbocycles. The molecule has 0 unspecified atom stereocenters. The quantitative estimate of drug-likeness (QED) is 0.688. The Kier molecular flexibility index (Phi) is 2.89. The van der Waals surface area contributed by atoms with E-state index in [1.807, 2.05) is 0 Å². The topological polar surface area (TPSA) is 67.2 Å². The number of nitrogens with one attached hydrogen (secondary N) is 1. The van der Waals surface area contributed by atoms with Crippen molar-refractivity contribution >= 4 is 11.8 Å². The Morgan fingerprint density at radius 3 is 3.06 bits per heavy atom. The van der Waals surface area contributed by atoms with Gasteiger partial charge >= 0.3 is 0 Å². The van der Waals surface area contributed by atoms with E-state index in [0.717, 1.165) is 6.42 Å². The first-order chi connectivity index (χ1) is 7.68. The molecule has 1 aromatic rings. The van der Waals surface area contributed by atoms with E-state index in [1.165, 1.54) is 4.68 Å². The molecule has 1 aliphatic heterocycles. The highest BCUT2D eigenvalue weighted by molar-refractivity contribution is 5.95. The molecule has 1 saturated heterocycles. The fourth-order valence-electron chi connectivity index (χ4n) is 1.73. The van der Waals surface area contributed by atoms with Gasteiger partial charge in [0.05, 0.1) is 6.54 Å². The first-order valence-corrected chi connectivity index (χ1v) is 5.22. The van der Waals surface area contributed by atoms with Crippen LogP contribution in [0.25, 0.3) is 0 Å². The summed E-state index contributed by atoms with van der Waals surface area (Å²) >= 11 is 0. The Balaban J connectivity index is 2.15. The molecule has 0 aliphatic carbocycles. The lowest BCUT2D eigenvalue weighted by molar-refractivity contribution is -0.121. The molecular formula is C10H14N4O2. The zero-order valence-corrected chi connectivity index (χ0v) is 9.14. The van der Waals surface area contributed by atoms with Gasteiger partial charge in [-0.25, -0.2) is 0 Å². The van der Waals surface area contributed by atoms with Gasteiger partial charge in [-0.05, 0) is 12.5 Å². The maximum absolute atomic E-state index is 12.1. The van der Waals surface area contributed by atoms with Crippen LogP contribution in [0.15, 0.2) is 12.3 Å². The third-order valence-corrected chi connectivity index (χ3v) is 2.59. The molecule has 6 nitrogen and oxygen atoms in total. The number of carbonyl (C=O) groups is 2. The van der Waals surface area contributed by atoms with E-state index in [4.69, 9.17) is 0 Å². The molecule has 1 aromatic heterocycles. The average molecular weight is 222 g/mol. The average Bonchev–Trinajstić information content (AvgIpc) is 2.55. The van der Waals surface area contributed by atoms with Gasteiger partial charge in [0.2, 0.25) is 5.91 Å². The first kappa shape index (κ1) is 10.7. The standard InChI is InChI=1S/C10H14N4O2/c1-13-8(3-5-12-13)10(16)14-6-2-4-11-9(15)7-14/h3,5H,2,4,6-7H2,1H3,(H,11,15). The van der Waals surface area contributed by atoms with Gasteiger partial charge in [0.25, 0.3) is 5.91 Å². The number of nitrogens with zero attached hydrogens (tertiary/aromatic N) is 3. The highest BCUT2D eigenvalue weighted by Crippen LogP contribution is 2.05. The van der Waals surface area contributed by atoms with Gasteiger partial charge < -0.3 is 10.2 Å². The predicted octanol–water partition coefficient (Wildman–Crippen LogP) is -0.618. The SMILES string of the molecule is Cn1nccc1C(=O)N1CCCNC(=O)C1. The Hall–Kier alpha value is -1.85. The lowest BCUT2D eigenvalue weighted by Gasteiger charge is -2.18. The summed E-state index contributed by atoms with van der Waals surface area (Å²) < 4.78 is 1.52. The lowest BCUT2D eigenvalue weighted by Crippen LogP contribution is -2.38. The summed E-state index contributed by atoms with van der Waals surface area (Å²) in [5.74, 6) is -0.245. The van der Waals surface area contributed by atoms with Crippen molar-refractivity contribution < 1.29 is 9.59 Å². The number of hydrogen-bond donors (Lipinski definition) is 1. The van der Waals surface area contributed by atoms with E-state index in [1.54, 1.807) is 24.2 Å². The summed E-state index contributed by atoms with van der Waals surface area (Å²) in [7, 11) is 1.71. The molecule has 1 fully saturated rings. The molecule has 86 valence electrons. The molecule has 0 atom stereocenters. The maximum atomic E-state index is 12.1. The molecule has 1 aliphatic rings. The van der Waals surface area contributed by atoms with Crippen molar-refractivity contribution in [2.24, 2.45) is 7.05 Å². The van der Waals surface area contributed by atoms with E-state index >= 15 is 0 Å². The van der Waals surface area contributed by atoms with Crippen molar-refractivity contribution in [2.45, 2.75) is 6.42 Å². The molecule has 2 amide bonds. The van der Waals surface area contributed by atoms with Gasteiger partial charge in [0, 0.05) is 26.3 Å². The Labute approximate surface area is 93.2 Å². The Morgan fingerprint density at radius 2 is 2.38 bits per heavy atom. The summed E-state index contributed by atoms with van der Waals surface area (Å²) in [6.45, 7) is 1.36. The minimum atomic E-state index is -0.142. The third kappa shape index (κ3) is 2.05. The predicted molar refractivity (Wildman–Crippen MR) is 56.7 cm³/mol. The fraction of sp³-hybridized carbons (Fsp3) is 0.500. The molecule has 1 N–H and O–H groups in total. The Morgan fingerprint density at radius 1 is 1.56 bits per heavy atom. The molecule has 2 heterocycles. The maximum Gasteiger partial charge on any atom is 0.272 e. The third-order valence-electron chi connectivity index (χ3n) is 2.59. The van der Waals surface area contributed by atoms with Gasteiger partial charge in [0.1, 0.15) is 5.69 Å². The molecule has 0 spiro atoms. The smallest absolute Gasteiger partial charge is 0.272 e. The van der Waals surface area contributed by atoms with Gasteiger partial charge in [-0.1, -0.05) is 0 Å². The van der Waals surface area contributed by atoms with Crippen LogP contribution in [0.3, 0.4) is 0 Å². The van der Waals surface area contributed by atoms with E-state index in [9.17, 15) is 9.59 Å². The van der Waals surface area contributed by atoms with E-state index in [-0.39, 0.29) is 18.4 Å². The largest absolute Gasteiger partial charge is 0.354 e. The first-order valence-electron chi connectivity index (χ1n) is 5.22. The molecule has 16 heavy (non-hydrogen) atoms. The minimum Gasteiger partial charge on any atom is -0.354 e. The van der Waals surface area contributed by atoms with E-state index < -0.39 is 0 Å². The number of hydrogen-bond acceptors (Lipinski definition) is 3. The normalized spacial score (nSPS) is 16.8. The van der Waals surface area contributed by atoms with Crippen LogP contribution in [0, 0.1) is 0 Å². The number of amides is 2. The van der Waals surface area contributed by atoms with Crippen LogP contribution >= 0.6 is 0 Å². The fourth-order valence-corrected chi connectivity index (χ4v) is 1.73. The van der Waals surface area contributed by atoms with Crippen molar-refractivity contribution in [3.05, 3.63) is 18.0 Å². The second-order valence-corrected chi connectivity index (χ2v) is 3.77. The van der Waals surface area contributed by atoms with Gasteiger partial charge in [-0.3, -0.25) is 14.3 Å². The summed E-state index contributed by atoms with van der Waals surface area (Å²) in [6.07, 6.45) is 2.36. The molecule has 2 rings (SSSR count). The van der Waals surface area contributed by atoms with E-state index in [2.05, 4.69) is 10.4 Å². The van der Waals surface area contributed by atoms with Crippen molar-refractivity contribution in [1.82, 2.24) is 20.0 Å². The highest BCUT2D eigenvalue weighted by atomic mass is 16.2. The highest BCUT2D eigenvalue weighted by Gasteiger charge is 2.22. The molecule has 0 radical (unpaired) electrons. The van der Waals surface area contributed by atoms with Crippen molar-refractivity contribution in [1.29, 1.82) is 0 Å². The minimum absolute atomic E-state index is 0.104. The van der Waals surface area contributed by atoms with Crippen LogP contribution in [-0.2, 0) is 11.8 Å². The van der Waals surface area contributed by atoms with Crippen LogP contribution in [0.2, 0.25) is 0 Å². The molecule has 0 bridgehead atoms. The van der Waals surface area contributed by atoms with Crippen LogP contribution < -0.4 is 5.32 Å². The van der Waals surface area contributed by atoms with E-state index in [0.29, 0.717) is 18.8 Å². The van der Waals surface area contributed by atoms with Gasteiger partial charge in [-0.2, -0.15) is 5.10 Å². The lowest BCUT2D eigenvalue weighted by atomic mass is 10.3. The molecular weight excluding hydrogens is 208 g/mol. The molecule has 6 heteroatoms. The second kappa shape index (κ2) is 4.34. The van der Waals surface area contributed by atoms with Crippen LogP contribution in [0.4, 0.5) is 0 Å². The van der Waals surface area contributed by atoms with Gasteiger partial charge in [0.15, 0.2) is 0 Å². The zero-order valence-electron chi connectivity index (χ0n) is 9.14. The number of rotatable bonds is 1.